The van der Waals surface area contributed by atoms with E-state index in [4.69, 9.17) is 0 Å². The van der Waals surface area contributed by atoms with Crippen LogP contribution in [0.5, 0.6) is 0 Å². The topological polar surface area (TPSA) is 32.3 Å². The third-order valence-electron chi connectivity index (χ3n) is 4.04. The second-order valence-corrected chi connectivity index (χ2v) is 5.29. The maximum Gasteiger partial charge on any atom is 0.226 e. The van der Waals surface area contributed by atoms with Gasteiger partial charge < -0.3 is 10.2 Å². The number of benzene rings is 1. The average molecular weight is 260 g/mol. The van der Waals surface area contributed by atoms with Crippen molar-refractivity contribution in [3.8, 4) is 0 Å². The molecule has 1 N–H and O–H groups in total. The molecular formula is C16H24N2O. The molecule has 1 amide bonds. The summed E-state index contributed by atoms with van der Waals surface area (Å²) >= 11 is 0. The molecular weight excluding hydrogens is 236 g/mol. The second kappa shape index (κ2) is 6.71. The summed E-state index contributed by atoms with van der Waals surface area (Å²) in [5.41, 5.74) is 2.45. The number of aryl methyl sites for hydroxylation is 1. The molecule has 0 bridgehead atoms. The van der Waals surface area contributed by atoms with Crippen LogP contribution in [0, 0.1) is 0 Å². The zero-order valence-corrected chi connectivity index (χ0v) is 12.0. The molecule has 1 aliphatic rings. The molecule has 2 rings (SSSR count). The number of carbonyl (C=O) groups excluding carboxylic acids is 1. The number of likely N-dealkylation sites (tertiary alicyclic amines) is 1. The first-order valence-electron chi connectivity index (χ1n) is 7.25. The lowest BCUT2D eigenvalue weighted by molar-refractivity contribution is -0.131. The monoisotopic (exact) mass is 260 g/mol. The van der Waals surface area contributed by atoms with Crippen molar-refractivity contribution in [1.82, 2.24) is 10.2 Å². The number of nitrogens with one attached hydrogen (secondary N) is 1. The summed E-state index contributed by atoms with van der Waals surface area (Å²) in [5.74, 6) is 0.263. The van der Waals surface area contributed by atoms with Crippen LogP contribution in [0.1, 0.15) is 30.9 Å². The molecule has 3 heteroatoms. The molecule has 1 aliphatic heterocycles. The largest absolute Gasteiger partial charge is 0.342 e. The zero-order chi connectivity index (χ0) is 13.7. The number of hydrogen-bond acceptors (Lipinski definition) is 2. The minimum Gasteiger partial charge on any atom is -0.342 e. The zero-order valence-electron chi connectivity index (χ0n) is 12.0. The van der Waals surface area contributed by atoms with E-state index in [0.29, 0.717) is 12.5 Å². The van der Waals surface area contributed by atoms with Crippen LogP contribution >= 0.6 is 0 Å². The first-order valence-corrected chi connectivity index (χ1v) is 7.25. The fraction of sp³-hybridized carbons (Fsp3) is 0.562. The highest BCUT2D eigenvalue weighted by molar-refractivity contribution is 5.78. The number of amides is 1. The molecule has 0 spiro atoms. The van der Waals surface area contributed by atoms with Crippen molar-refractivity contribution in [2.75, 3.05) is 20.1 Å². The van der Waals surface area contributed by atoms with Crippen molar-refractivity contribution in [2.45, 2.75) is 38.6 Å². The molecule has 0 aliphatic carbocycles. The van der Waals surface area contributed by atoms with Gasteiger partial charge in [0.25, 0.3) is 0 Å². The lowest BCUT2D eigenvalue weighted by Gasteiger charge is -2.31. The Kier molecular flexibility index (Phi) is 4.97. The second-order valence-electron chi connectivity index (χ2n) is 5.29. The van der Waals surface area contributed by atoms with Gasteiger partial charge in [0.05, 0.1) is 6.42 Å². The molecule has 1 aromatic carbocycles. The van der Waals surface area contributed by atoms with Crippen LogP contribution in [0.25, 0.3) is 0 Å². The van der Waals surface area contributed by atoms with Crippen molar-refractivity contribution < 1.29 is 4.79 Å². The van der Waals surface area contributed by atoms with Crippen molar-refractivity contribution in [2.24, 2.45) is 0 Å². The summed E-state index contributed by atoms with van der Waals surface area (Å²) in [6.07, 6.45) is 3.72. The molecule has 19 heavy (non-hydrogen) atoms. The number of nitrogens with zero attached hydrogens (tertiary/aromatic N) is 1. The SMILES string of the molecule is CCc1ccc(CC(=O)N2CCC(NC)CC2)cc1. The minimum absolute atomic E-state index is 0.263. The van der Waals surface area contributed by atoms with Gasteiger partial charge >= 0.3 is 0 Å². The van der Waals surface area contributed by atoms with Crippen LogP contribution in [0.3, 0.4) is 0 Å². The first kappa shape index (κ1) is 14.1. The molecule has 0 unspecified atom stereocenters. The van der Waals surface area contributed by atoms with Crippen LogP contribution in [-0.2, 0) is 17.6 Å². The normalized spacial score (nSPS) is 16.6. The van der Waals surface area contributed by atoms with Gasteiger partial charge in [-0.2, -0.15) is 0 Å². The van der Waals surface area contributed by atoms with E-state index in [2.05, 4.69) is 36.5 Å². The smallest absolute Gasteiger partial charge is 0.226 e. The van der Waals surface area contributed by atoms with Crippen molar-refractivity contribution >= 4 is 5.91 Å². The Balaban J connectivity index is 1.86. The highest BCUT2D eigenvalue weighted by Crippen LogP contribution is 2.13. The third-order valence-corrected chi connectivity index (χ3v) is 4.04. The summed E-state index contributed by atoms with van der Waals surface area (Å²) in [7, 11) is 2.00. The van der Waals surface area contributed by atoms with Gasteiger partial charge in [-0.05, 0) is 37.4 Å². The first-order chi connectivity index (χ1) is 9.22. The average Bonchev–Trinajstić information content (AvgIpc) is 2.48. The predicted molar refractivity (Wildman–Crippen MR) is 78.2 cm³/mol. The van der Waals surface area contributed by atoms with Gasteiger partial charge in [-0.1, -0.05) is 31.2 Å². The number of piperidine rings is 1. The lowest BCUT2D eigenvalue weighted by atomic mass is 10.0. The Labute approximate surface area is 116 Å². The van der Waals surface area contributed by atoms with E-state index >= 15 is 0 Å². The number of hydrogen-bond donors (Lipinski definition) is 1. The molecule has 0 aromatic heterocycles. The molecule has 0 radical (unpaired) electrons. The van der Waals surface area contributed by atoms with Gasteiger partial charge in [0.1, 0.15) is 0 Å². The Morgan fingerprint density at radius 2 is 1.79 bits per heavy atom. The Morgan fingerprint density at radius 1 is 1.21 bits per heavy atom. The Bertz CT molecular complexity index is 405. The summed E-state index contributed by atoms with van der Waals surface area (Å²) in [6.45, 7) is 3.92. The Hall–Kier alpha value is -1.35. The van der Waals surface area contributed by atoms with Gasteiger partial charge in [0, 0.05) is 19.1 Å². The third kappa shape index (κ3) is 3.80. The molecule has 0 atom stereocenters. The standard InChI is InChI=1S/C16H24N2O/c1-3-13-4-6-14(7-5-13)12-16(19)18-10-8-15(17-2)9-11-18/h4-7,15,17H,3,8-12H2,1-2H3. The van der Waals surface area contributed by atoms with E-state index in [1.54, 1.807) is 0 Å². The maximum atomic E-state index is 12.2. The number of carbonyl (C=O) groups is 1. The van der Waals surface area contributed by atoms with E-state index < -0.39 is 0 Å². The molecule has 1 saturated heterocycles. The Morgan fingerprint density at radius 3 is 2.32 bits per heavy atom. The van der Waals surface area contributed by atoms with Crippen LogP contribution in [-0.4, -0.2) is 37.0 Å². The van der Waals surface area contributed by atoms with Gasteiger partial charge in [0.2, 0.25) is 5.91 Å². The molecule has 1 heterocycles. The summed E-state index contributed by atoms with van der Waals surface area (Å²) in [4.78, 5) is 14.2. The van der Waals surface area contributed by atoms with Gasteiger partial charge in [-0.25, -0.2) is 0 Å². The molecule has 0 saturated carbocycles. The van der Waals surface area contributed by atoms with Gasteiger partial charge in [0.15, 0.2) is 0 Å². The van der Waals surface area contributed by atoms with E-state index in [1.807, 2.05) is 11.9 Å². The van der Waals surface area contributed by atoms with E-state index in [0.717, 1.165) is 37.9 Å². The lowest BCUT2D eigenvalue weighted by Crippen LogP contribution is -2.44. The fourth-order valence-corrected chi connectivity index (χ4v) is 2.60. The van der Waals surface area contributed by atoms with Crippen LogP contribution < -0.4 is 5.32 Å². The molecule has 1 aromatic rings. The van der Waals surface area contributed by atoms with Gasteiger partial charge in [-0.15, -0.1) is 0 Å². The van der Waals surface area contributed by atoms with E-state index in [9.17, 15) is 4.79 Å². The van der Waals surface area contributed by atoms with Crippen LogP contribution in [0.2, 0.25) is 0 Å². The summed E-state index contributed by atoms with van der Waals surface area (Å²) in [5, 5.41) is 3.29. The minimum atomic E-state index is 0.263. The number of rotatable bonds is 4. The highest BCUT2D eigenvalue weighted by atomic mass is 16.2. The quantitative estimate of drug-likeness (QED) is 0.898. The molecule has 104 valence electrons. The van der Waals surface area contributed by atoms with Crippen LogP contribution in [0.15, 0.2) is 24.3 Å². The summed E-state index contributed by atoms with van der Waals surface area (Å²) < 4.78 is 0. The van der Waals surface area contributed by atoms with Gasteiger partial charge in [-0.3, -0.25) is 4.79 Å². The van der Waals surface area contributed by atoms with E-state index in [1.165, 1.54) is 5.56 Å². The van der Waals surface area contributed by atoms with Crippen LogP contribution in [0.4, 0.5) is 0 Å². The molecule has 3 nitrogen and oxygen atoms in total. The summed E-state index contributed by atoms with van der Waals surface area (Å²) in [6, 6.07) is 8.98. The van der Waals surface area contributed by atoms with Crippen molar-refractivity contribution in [3.63, 3.8) is 0 Å². The highest BCUT2D eigenvalue weighted by Gasteiger charge is 2.21. The maximum absolute atomic E-state index is 12.2. The van der Waals surface area contributed by atoms with Crippen molar-refractivity contribution in [1.29, 1.82) is 0 Å². The molecule has 1 fully saturated rings. The van der Waals surface area contributed by atoms with Crippen molar-refractivity contribution in [3.05, 3.63) is 35.4 Å². The fourth-order valence-electron chi connectivity index (χ4n) is 2.60. The van der Waals surface area contributed by atoms with E-state index in [-0.39, 0.29) is 5.91 Å². The predicted octanol–water partition coefficient (Wildman–Crippen LogP) is 2.00.